The Labute approximate surface area is 74.3 Å². The van der Waals surface area contributed by atoms with Crippen LogP contribution in [0.2, 0.25) is 0 Å². The number of amides is 1. The zero-order chi connectivity index (χ0) is 8.97. The maximum atomic E-state index is 11.4. The molecule has 70 valence electrons. The number of carbonyl (C=O) groups is 1. The average Bonchev–Trinajstić information content (AvgIpc) is 2.27. The minimum Gasteiger partial charge on any atom is -0.342 e. The molecule has 0 unspecified atom stereocenters. The Morgan fingerprint density at radius 1 is 1.17 bits per heavy atom. The third-order valence-electron chi connectivity index (χ3n) is 2.51. The number of rotatable bonds is 2. The van der Waals surface area contributed by atoms with Crippen molar-refractivity contribution < 1.29 is 4.79 Å². The summed E-state index contributed by atoms with van der Waals surface area (Å²) in [7, 11) is 0. The third-order valence-corrected chi connectivity index (χ3v) is 2.51. The average molecular weight is 170 g/mol. The van der Waals surface area contributed by atoms with Crippen LogP contribution in [0.4, 0.5) is 0 Å². The molecule has 3 heteroatoms. The molecule has 1 aliphatic rings. The van der Waals surface area contributed by atoms with Crippen LogP contribution in [-0.2, 0) is 4.79 Å². The van der Waals surface area contributed by atoms with Crippen LogP contribution >= 0.6 is 0 Å². The first kappa shape index (κ1) is 9.52. The second-order valence-corrected chi connectivity index (χ2v) is 3.16. The molecule has 0 bridgehead atoms. The van der Waals surface area contributed by atoms with E-state index in [-0.39, 0.29) is 0 Å². The highest BCUT2D eigenvalue weighted by Crippen LogP contribution is 2.03. The van der Waals surface area contributed by atoms with Crippen LogP contribution in [-0.4, -0.2) is 48.4 Å². The van der Waals surface area contributed by atoms with Gasteiger partial charge in [-0.2, -0.15) is 0 Å². The van der Waals surface area contributed by atoms with E-state index in [0.29, 0.717) is 12.3 Å². The molecule has 0 radical (unpaired) electrons. The lowest BCUT2D eigenvalue weighted by atomic mass is 10.3. The molecule has 12 heavy (non-hydrogen) atoms. The van der Waals surface area contributed by atoms with Crippen molar-refractivity contribution in [3.05, 3.63) is 0 Å². The molecule has 1 aliphatic heterocycles. The monoisotopic (exact) mass is 170 g/mol. The van der Waals surface area contributed by atoms with Crippen LogP contribution in [0.25, 0.3) is 0 Å². The first-order valence-electron chi connectivity index (χ1n) is 4.78. The van der Waals surface area contributed by atoms with Gasteiger partial charge in [0.1, 0.15) is 0 Å². The quantitative estimate of drug-likeness (QED) is 0.604. The largest absolute Gasteiger partial charge is 0.342 e. The van der Waals surface area contributed by atoms with Gasteiger partial charge in [0.05, 0.1) is 0 Å². The Balaban J connectivity index is 2.46. The third kappa shape index (κ3) is 2.21. The Kier molecular flexibility index (Phi) is 3.53. The van der Waals surface area contributed by atoms with Crippen molar-refractivity contribution >= 4 is 5.91 Å². The zero-order valence-corrected chi connectivity index (χ0v) is 8.05. The molecule has 1 rings (SSSR count). The molecular weight excluding hydrogens is 152 g/mol. The maximum absolute atomic E-state index is 11.4. The first-order chi connectivity index (χ1) is 5.77. The standard InChI is InChI=1S/C9H18N2O/c1-3-10-6-5-9(12)11(4-2)8-7-10/h3-8H2,1-2H3. The van der Waals surface area contributed by atoms with E-state index in [9.17, 15) is 4.79 Å². The highest BCUT2D eigenvalue weighted by Gasteiger charge is 2.17. The summed E-state index contributed by atoms with van der Waals surface area (Å²) in [6.45, 7) is 8.98. The molecule has 0 atom stereocenters. The summed E-state index contributed by atoms with van der Waals surface area (Å²) >= 11 is 0. The Hall–Kier alpha value is -0.570. The number of carbonyl (C=O) groups excluding carboxylic acids is 1. The SMILES string of the molecule is CCN1CCC(=O)N(CC)CC1. The van der Waals surface area contributed by atoms with Crippen LogP contribution in [0, 0.1) is 0 Å². The van der Waals surface area contributed by atoms with Crippen molar-refractivity contribution in [1.29, 1.82) is 0 Å². The number of hydrogen-bond acceptors (Lipinski definition) is 2. The Bertz CT molecular complexity index is 159. The van der Waals surface area contributed by atoms with Gasteiger partial charge in [-0.3, -0.25) is 4.79 Å². The van der Waals surface area contributed by atoms with E-state index in [1.165, 1.54) is 0 Å². The Morgan fingerprint density at radius 3 is 2.50 bits per heavy atom. The van der Waals surface area contributed by atoms with Crippen LogP contribution in [0.15, 0.2) is 0 Å². The van der Waals surface area contributed by atoms with Gasteiger partial charge in [-0.05, 0) is 13.5 Å². The van der Waals surface area contributed by atoms with E-state index in [2.05, 4.69) is 11.8 Å². The van der Waals surface area contributed by atoms with Gasteiger partial charge < -0.3 is 9.80 Å². The molecular formula is C9H18N2O. The summed E-state index contributed by atoms with van der Waals surface area (Å²) in [6.07, 6.45) is 0.696. The van der Waals surface area contributed by atoms with E-state index in [1.54, 1.807) is 0 Å². The van der Waals surface area contributed by atoms with Gasteiger partial charge in [-0.1, -0.05) is 6.92 Å². The highest BCUT2D eigenvalue weighted by molar-refractivity contribution is 5.76. The fraction of sp³-hybridized carbons (Fsp3) is 0.889. The molecule has 1 amide bonds. The van der Waals surface area contributed by atoms with E-state index >= 15 is 0 Å². The van der Waals surface area contributed by atoms with Gasteiger partial charge in [0.15, 0.2) is 0 Å². The molecule has 1 heterocycles. The molecule has 0 aromatic rings. The first-order valence-corrected chi connectivity index (χ1v) is 4.78. The molecule has 0 aromatic carbocycles. The van der Waals surface area contributed by atoms with Crippen molar-refractivity contribution in [3.8, 4) is 0 Å². The van der Waals surface area contributed by atoms with Gasteiger partial charge >= 0.3 is 0 Å². The lowest BCUT2D eigenvalue weighted by Gasteiger charge is -2.19. The Morgan fingerprint density at radius 2 is 1.92 bits per heavy atom. The van der Waals surface area contributed by atoms with Crippen molar-refractivity contribution in [2.45, 2.75) is 20.3 Å². The van der Waals surface area contributed by atoms with Gasteiger partial charge in [0, 0.05) is 32.6 Å². The summed E-state index contributed by atoms with van der Waals surface area (Å²) in [4.78, 5) is 15.7. The molecule has 0 aromatic heterocycles. The molecule has 1 saturated heterocycles. The predicted molar refractivity (Wildman–Crippen MR) is 49.0 cm³/mol. The fourth-order valence-corrected chi connectivity index (χ4v) is 1.56. The van der Waals surface area contributed by atoms with Gasteiger partial charge in [-0.25, -0.2) is 0 Å². The smallest absolute Gasteiger partial charge is 0.223 e. The minimum absolute atomic E-state index is 0.313. The van der Waals surface area contributed by atoms with Gasteiger partial charge in [-0.15, -0.1) is 0 Å². The van der Waals surface area contributed by atoms with Crippen LogP contribution in [0.3, 0.4) is 0 Å². The van der Waals surface area contributed by atoms with E-state index in [0.717, 1.165) is 32.7 Å². The maximum Gasteiger partial charge on any atom is 0.223 e. The number of likely N-dealkylation sites (N-methyl/N-ethyl adjacent to an activating group) is 2. The number of nitrogens with zero attached hydrogens (tertiary/aromatic N) is 2. The van der Waals surface area contributed by atoms with Crippen LogP contribution in [0.1, 0.15) is 20.3 Å². The van der Waals surface area contributed by atoms with E-state index in [4.69, 9.17) is 0 Å². The van der Waals surface area contributed by atoms with E-state index < -0.39 is 0 Å². The van der Waals surface area contributed by atoms with Gasteiger partial charge in [0.25, 0.3) is 0 Å². The van der Waals surface area contributed by atoms with Gasteiger partial charge in [0.2, 0.25) is 5.91 Å². The van der Waals surface area contributed by atoms with Crippen molar-refractivity contribution in [1.82, 2.24) is 9.80 Å². The van der Waals surface area contributed by atoms with Crippen molar-refractivity contribution in [2.75, 3.05) is 32.7 Å². The molecule has 0 saturated carbocycles. The molecule has 3 nitrogen and oxygen atoms in total. The fourth-order valence-electron chi connectivity index (χ4n) is 1.56. The van der Waals surface area contributed by atoms with E-state index in [1.807, 2.05) is 11.8 Å². The van der Waals surface area contributed by atoms with Crippen LogP contribution in [0.5, 0.6) is 0 Å². The number of hydrogen-bond donors (Lipinski definition) is 0. The summed E-state index contributed by atoms with van der Waals surface area (Å²) in [5, 5.41) is 0. The normalized spacial score (nSPS) is 21.2. The summed E-state index contributed by atoms with van der Waals surface area (Å²) in [5.41, 5.74) is 0. The summed E-state index contributed by atoms with van der Waals surface area (Å²) in [5.74, 6) is 0.313. The summed E-state index contributed by atoms with van der Waals surface area (Å²) in [6, 6.07) is 0. The van der Waals surface area contributed by atoms with Crippen molar-refractivity contribution in [3.63, 3.8) is 0 Å². The lowest BCUT2D eigenvalue weighted by Crippen LogP contribution is -2.32. The zero-order valence-electron chi connectivity index (χ0n) is 8.05. The molecule has 0 spiro atoms. The lowest BCUT2D eigenvalue weighted by molar-refractivity contribution is -0.130. The summed E-state index contributed by atoms with van der Waals surface area (Å²) < 4.78 is 0. The highest BCUT2D eigenvalue weighted by atomic mass is 16.2. The topological polar surface area (TPSA) is 23.6 Å². The van der Waals surface area contributed by atoms with Crippen molar-refractivity contribution in [2.24, 2.45) is 0 Å². The second-order valence-electron chi connectivity index (χ2n) is 3.16. The molecule has 0 N–H and O–H groups in total. The minimum atomic E-state index is 0.313. The predicted octanol–water partition coefficient (Wildman–Crippen LogP) is 0.560. The van der Waals surface area contributed by atoms with Crippen LogP contribution < -0.4 is 0 Å². The second kappa shape index (κ2) is 4.45. The molecule has 1 fully saturated rings. The molecule has 0 aliphatic carbocycles.